The van der Waals surface area contributed by atoms with E-state index in [0.717, 1.165) is 0 Å². The van der Waals surface area contributed by atoms with Crippen LogP contribution in [-0.2, 0) is 4.79 Å². The molecule has 0 radical (unpaired) electrons. The van der Waals surface area contributed by atoms with E-state index in [0.29, 0.717) is 11.4 Å². The molecule has 1 aromatic carbocycles. The molecular weight excluding hydrogens is 248 g/mol. The highest BCUT2D eigenvalue weighted by Gasteiger charge is 2.33. The van der Waals surface area contributed by atoms with Gasteiger partial charge < -0.3 is 20.9 Å². The summed E-state index contributed by atoms with van der Waals surface area (Å²) < 4.78 is 5.07. The van der Waals surface area contributed by atoms with Gasteiger partial charge in [-0.05, 0) is 25.5 Å². The number of nitrogens with two attached hydrogens (primary N) is 1. The molecule has 0 aliphatic rings. The molecule has 0 saturated heterocycles. The Morgan fingerprint density at radius 3 is 2.58 bits per heavy atom. The van der Waals surface area contributed by atoms with Crippen LogP contribution < -0.4 is 15.8 Å². The molecule has 0 aliphatic carbocycles. The SMILES string of the molecule is CCC(C)(NC(=O)c1ccc(N)cc1OC)C(=O)O. The van der Waals surface area contributed by atoms with Crippen molar-refractivity contribution in [1.29, 1.82) is 0 Å². The number of carbonyl (C=O) groups is 2. The molecule has 1 aromatic rings. The fourth-order valence-electron chi connectivity index (χ4n) is 1.51. The summed E-state index contributed by atoms with van der Waals surface area (Å²) in [6, 6.07) is 4.57. The van der Waals surface area contributed by atoms with Gasteiger partial charge in [-0.25, -0.2) is 4.79 Å². The van der Waals surface area contributed by atoms with Gasteiger partial charge in [-0.3, -0.25) is 4.79 Å². The number of ether oxygens (including phenoxy) is 1. The summed E-state index contributed by atoms with van der Waals surface area (Å²) in [6.45, 7) is 3.14. The van der Waals surface area contributed by atoms with Crippen molar-refractivity contribution < 1.29 is 19.4 Å². The molecule has 0 saturated carbocycles. The summed E-state index contributed by atoms with van der Waals surface area (Å²) in [7, 11) is 1.42. The van der Waals surface area contributed by atoms with E-state index in [1.165, 1.54) is 26.2 Å². The van der Waals surface area contributed by atoms with Crippen molar-refractivity contribution in [2.24, 2.45) is 0 Å². The van der Waals surface area contributed by atoms with Gasteiger partial charge in [-0.1, -0.05) is 6.92 Å². The number of aliphatic carboxylic acids is 1. The third kappa shape index (κ3) is 3.15. The first-order valence-corrected chi connectivity index (χ1v) is 5.83. The van der Waals surface area contributed by atoms with E-state index >= 15 is 0 Å². The highest BCUT2D eigenvalue weighted by molar-refractivity contribution is 6.00. The lowest BCUT2D eigenvalue weighted by atomic mass is 9.98. The fraction of sp³-hybridized carbons (Fsp3) is 0.385. The molecule has 1 atom stereocenters. The Morgan fingerprint density at radius 2 is 2.11 bits per heavy atom. The number of carbonyl (C=O) groups excluding carboxylic acids is 1. The van der Waals surface area contributed by atoms with Gasteiger partial charge in [0.25, 0.3) is 5.91 Å². The monoisotopic (exact) mass is 266 g/mol. The average molecular weight is 266 g/mol. The minimum absolute atomic E-state index is 0.248. The summed E-state index contributed by atoms with van der Waals surface area (Å²) in [5, 5.41) is 11.6. The average Bonchev–Trinajstić information content (AvgIpc) is 2.37. The zero-order valence-electron chi connectivity index (χ0n) is 11.2. The maximum atomic E-state index is 12.1. The summed E-state index contributed by atoms with van der Waals surface area (Å²) in [5.74, 6) is -1.29. The number of hydrogen-bond donors (Lipinski definition) is 3. The van der Waals surface area contributed by atoms with E-state index < -0.39 is 17.4 Å². The normalized spacial score (nSPS) is 13.4. The van der Waals surface area contributed by atoms with Crippen LogP contribution in [0.5, 0.6) is 5.75 Å². The predicted octanol–water partition coefficient (Wildman–Crippen LogP) is 1.26. The van der Waals surface area contributed by atoms with Gasteiger partial charge in [0.1, 0.15) is 11.3 Å². The molecular formula is C13H18N2O4. The number of hydrogen-bond acceptors (Lipinski definition) is 4. The third-order valence-electron chi connectivity index (χ3n) is 3.04. The Labute approximate surface area is 111 Å². The van der Waals surface area contributed by atoms with Crippen LogP contribution >= 0.6 is 0 Å². The number of nitrogens with one attached hydrogen (secondary N) is 1. The van der Waals surface area contributed by atoms with Crippen LogP contribution in [0.1, 0.15) is 30.6 Å². The van der Waals surface area contributed by atoms with E-state index in [9.17, 15) is 9.59 Å². The Balaban J connectivity index is 3.05. The second-order valence-electron chi connectivity index (χ2n) is 4.40. The summed E-state index contributed by atoms with van der Waals surface area (Å²) >= 11 is 0. The van der Waals surface area contributed by atoms with Gasteiger partial charge in [0.2, 0.25) is 0 Å². The van der Waals surface area contributed by atoms with E-state index in [-0.39, 0.29) is 12.0 Å². The van der Waals surface area contributed by atoms with E-state index in [1.54, 1.807) is 13.0 Å². The zero-order valence-corrected chi connectivity index (χ0v) is 11.2. The number of carboxylic acid groups (broad SMARTS) is 1. The Morgan fingerprint density at radius 1 is 1.47 bits per heavy atom. The van der Waals surface area contributed by atoms with Crippen LogP contribution in [0.2, 0.25) is 0 Å². The summed E-state index contributed by atoms with van der Waals surface area (Å²) in [4.78, 5) is 23.3. The van der Waals surface area contributed by atoms with Crippen LogP contribution in [0.3, 0.4) is 0 Å². The number of anilines is 1. The minimum Gasteiger partial charge on any atom is -0.496 e. The lowest BCUT2D eigenvalue weighted by Gasteiger charge is -2.25. The molecule has 0 bridgehead atoms. The van der Waals surface area contributed by atoms with Gasteiger partial charge in [0, 0.05) is 11.8 Å². The molecule has 6 heteroatoms. The van der Waals surface area contributed by atoms with Gasteiger partial charge >= 0.3 is 5.97 Å². The van der Waals surface area contributed by atoms with Crippen LogP contribution in [0, 0.1) is 0 Å². The van der Waals surface area contributed by atoms with Gasteiger partial charge in [-0.15, -0.1) is 0 Å². The molecule has 0 heterocycles. The predicted molar refractivity (Wildman–Crippen MR) is 71.2 cm³/mol. The number of carboxylic acids is 1. The molecule has 1 rings (SSSR count). The van der Waals surface area contributed by atoms with E-state index in [4.69, 9.17) is 15.6 Å². The topological polar surface area (TPSA) is 102 Å². The quantitative estimate of drug-likeness (QED) is 0.696. The van der Waals surface area contributed by atoms with Crippen molar-refractivity contribution in [2.45, 2.75) is 25.8 Å². The second-order valence-corrected chi connectivity index (χ2v) is 4.40. The Bertz CT molecular complexity index is 501. The smallest absolute Gasteiger partial charge is 0.329 e. The van der Waals surface area contributed by atoms with Crippen molar-refractivity contribution in [3.05, 3.63) is 23.8 Å². The van der Waals surface area contributed by atoms with Gasteiger partial charge in [0.15, 0.2) is 0 Å². The fourth-order valence-corrected chi connectivity index (χ4v) is 1.51. The number of benzene rings is 1. The standard InChI is InChI=1S/C13H18N2O4/c1-4-13(2,12(17)18)15-11(16)9-6-5-8(14)7-10(9)19-3/h5-7H,4,14H2,1-3H3,(H,15,16)(H,17,18). The van der Waals surface area contributed by atoms with Crippen LogP contribution in [0.25, 0.3) is 0 Å². The molecule has 0 spiro atoms. The number of amides is 1. The molecule has 0 aromatic heterocycles. The molecule has 104 valence electrons. The molecule has 1 amide bonds. The van der Waals surface area contributed by atoms with Crippen LogP contribution in [0.15, 0.2) is 18.2 Å². The first-order chi connectivity index (χ1) is 8.84. The summed E-state index contributed by atoms with van der Waals surface area (Å²) in [6.07, 6.45) is 0.269. The molecule has 6 nitrogen and oxygen atoms in total. The zero-order chi connectivity index (χ0) is 14.6. The van der Waals surface area contributed by atoms with E-state index in [1.807, 2.05) is 0 Å². The number of rotatable bonds is 5. The van der Waals surface area contributed by atoms with Crippen LogP contribution in [-0.4, -0.2) is 29.6 Å². The third-order valence-corrected chi connectivity index (χ3v) is 3.04. The lowest BCUT2D eigenvalue weighted by Crippen LogP contribution is -2.51. The molecule has 1 unspecified atom stereocenters. The molecule has 4 N–H and O–H groups in total. The van der Waals surface area contributed by atoms with Crippen molar-refractivity contribution in [1.82, 2.24) is 5.32 Å². The first kappa shape index (κ1) is 14.8. The highest BCUT2D eigenvalue weighted by Crippen LogP contribution is 2.22. The lowest BCUT2D eigenvalue weighted by molar-refractivity contribution is -0.143. The number of nitrogen functional groups attached to an aromatic ring is 1. The van der Waals surface area contributed by atoms with Crippen molar-refractivity contribution in [3.63, 3.8) is 0 Å². The Kier molecular flexibility index (Phi) is 4.37. The number of methoxy groups -OCH3 is 1. The highest BCUT2D eigenvalue weighted by atomic mass is 16.5. The van der Waals surface area contributed by atoms with E-state index in [2.05, 4.69) is 5.32 Å². The van der Waals surface area contributed by atoms with Gasteiger partial charge in [-0.2, -0.15) is 0 Å². The first-order valence-electron chi connectivity index (χ1n) is 5.83. The largest absolute Gasteiger partial charge is 0.496 e. The molecule has 19 heavy (non-hydrogen) atoms. The van der Waals surface area contributed by atoms with Crippen molar-refractivity contribution in [2.75, 3.05) is 12.8 Å². The molecule has 0 aliphatic heterocycles. The van der Waals surface area contributed by atoms with Gasteiger partial charge in [0.05, 0.1) is 12.7 Å². The molecule has 0 fully saturated rings. The van der Waals surface area contributed by atoms with Crippen molar-refractivity contribution in [3.8, 4) is 5.75 Å². The second kappa shape index (κ2) is 5.60. The maximum absolute atomic E-state index is 12.1. The maximum Gasteiger partial charge on any atom is 0.329 e. The van der Waals surface area contributed by atoms with Crippen LogP contribution in [0.4, 0.5) is 5.69 Å². The Hall–Kier alpha value is -2.24. The van der Waals surface area contributed by atoms with Crippen molar-refractivity contribution >= 4 is 17.6 Å². The summed E-state index contributed by atoms with van der Waals surface area (Å²) in [5.41, 5.74) is 4.99. The minimum atomic E-state index is -1.32.